The maximum absolute atomic E-state index is 14.3. The molecule has 0 aliphatic rings. The molecule has 0 spiro atoms. The molecule has 3 heterocycles. The van der Waals surface area contributed by atoms with E-state index in [0.717, 1.165) is 0 Å². The van der Waals surface area contributed by atoms with Gasteiger partial charge in [0.15, 0.2) is 11.7 Å². The molecule has 4 rings (SSSR count). The fraction of sp³-hybridized carbons (Fsp3) is 0.118. The van der Waals surface area contributed by atoms with Crippen LogP contribution in [-0.2, 0) is 0 Å². The van der Waals surface area contributed by atoms with Gasteiger partial charge < -0.3 is 9.73 Å². The van der Waals surface area contributed by atoms with Crippen LogP contribution in [0, 0.1) is 19.7 Å². The van der Waals surface area contributed by atoms with Crippen LogP contribution in [0.15, 0.2) is 35.0 Å². The first-order chi connectivity index (χ1) is 12.9. The molecule has 27 heavy (non-hydrogen) atoms. The van der Waals surface area contributed by atoms with Crippen molar-refractivity contribution >= 4 is 29.0 Å². The van der Waals surface area contributed by atoms with Crippen LogP contribution in [-0.4, -0.2) is 30.5 Å². The SMILES string of the molecule is Cc1nc(C)c(C(=O)Nc2ccc(F)c(-c3nc4ncc(Cl)cn4n3)c2)o1. The third kappa shape index (κ3) is 3.24. The predicted octanol–water partition coefficient (Wildman–Crippen LogP) is 3.44. The molecule has 0 bridgehead atoms. The van der Waals surface area contributed by atoms with Gasteiger partial charge >= 0.3 is 0 Å². The van der Waals surface area contributed by atoms with Gasteiger partial charge in [0, 0.05) is 12.6 Å². The Morgan fingerprint density at radius 3 is 2.85 bits per heavy atom. The molecule has 4 aromatic rings. The van der Waals surface area contributed by atoms with Crippen molar-refractivity contribution in [3.63, 3.8) is 0 Å². The minimum absolute atomic E-state index is 0.100. The number of benzene rings is 1. The molecule has 0 unspecified atom stereocenters. The van der Waals surface area contributed by atoms with Crippen LogP contribution in [0.2, 0.25) is 5.02 Å². The average molecular weight is 387 g/mol. The Morgan fingerprint density at radius 1 is 1.30 bits per heavy atom. The van der Waals surface area contributed by atoms with E-state index in [2.05, 4.69) is 25.4 Å². The van der Waals surface area contributed by atoms with Crippen LogP contribution in [0.5, 0.6) is 0 Å². The molecule has 0 saturated heterocycles. The Labute approximate surface area is 157 Å². The predicted molar refractivity (Wildman–Crippen MR) is 95.1 cm³/mol. The Balaban J connectivity index is 1.68. The number of rotatable bonds is 3. The number of halogens is 2. The Kier molecular flexibility index (Phi) is 4.08. The highest BCUT2D eigenvalue weighted by Crippen LogP contribution is 2.25. The second kappa shape index (κ2) is 6.44. The molecule has 3 aromatic heterocycles. The highest BCUT2D eigenvalue weighted by atomic mass is 35.5. The average Bonchev–Trinajstić information content (AvgIpc) is 3.18. The second-order valence-corrected chi connectivity index (χ2v) is 6.18. The minimum atomic E-state index is -0.540. The second-order valence-electron chi connectivity index (χ2n) is 5.75. The first-order valence-corrected chi connectivity index (χ1v) is 8.22. The van der Waals surface area contributed by atoms with Crippen molar-refractivity contribution in [1.29, 1.82) is 0 Å². The molecule has 8 nitrogen and oxygen atoms in total. The quantitative estimate of drug-likeness (QED) is 0.579. The summed E-state index contributed by atoms with van der Waals surface area (Å²) in [5.74, 6) is -0.148. The van der Waals surface area contributed by atoms with Gasteiger partial charge in [-0.3, -0.25) is 4.79 Å². The van der Waals surface area contributed by atoms with Gasteiger partial charge in [-0.25, -0.2) is 18.9 Å². The normalized spacial score (nSPS) is 11.1. The van der Waals surface area contributed by atoms with Crippen LogP contribution < -0.4 is 5.32 Å². The van der Waals surface area contributed by atoms with Crippen molar-refractivity contribution in [1.82, 2.24) is 24.6 Å². The molecule has 0 saturated carbocycles. The van der Waals surface area contributed by atoms with E-state index in [-0.39, 0.29) is 22.9 Å². The Bertz CT molecular complexity index is 1190. The maximum Gasteiger partial charge on any atom is 0.293 e. The fourth-order valence-corrected chi connectivity index (χ4v) is 2.72. The first kappa shape index (κ1) is 17.1. The summed E-state index contributed by atoms with van der Waals surface area (Å²) in [5.41, 5.74) is 0.937. The van der Waals surface area contributed by atoms with Gasteiger partial charge in [-0.05, 0) is 25.1 Å². The maximum atomic E-state index is 14.3. The van der Waals surface area contributed by atoms with E-state index in [0.29, 0.717) is 22.3 Å². The summed E-state index contributed by atoms with van der Waals surface area (Å²) in [6.07, 6.45) is 2.93. The molecule has 0 radical (unpaired) electrons. The van der Waals surface area contributed by atoms with Crippen LogP contribution in [0.1, 0.15) is 22.1 Å². The van der Waals surface area contributed by atoms with Crippen LogP contribution in [0.3, 0.4) is 0 Å². The summed E-state index contributed by atoms with van der Waals surface area (Å²) in [6, 6.07) is 4.08. The van der Waals surface area contributed by atoms with Gasteiger partial charge in [-0.1, -0.05) is 11.6 Å². The van der Waals surface area contributed by atoms with E-state index in [4.69, 9.17) is 16.0 Å². The Hall–Kier alpha value is -3.33. The molecule has 1 aromatic carbocycles. The molecular formula is C17H12ClFN6O2. The molecular weight excluding hydrogens is 375 g/mol. The van der Waals surface area contributed by atoms with Gasteiger partial charge in [-0.2, -0.15) is 4.98 Å². The van der Waals surface area contributed by atoms with Crippen LogP contribution >= 0.6 is 11.6 Å². The van der Waals surface area contributed by atoms with E-state index in [9.17, 15) is 9.18 Å². The summed E-state index contributed by atoms with van der Waals surface area (Å²) in [4.78, 5) is 24.6. The summed E-state index contributed by atoms with van der Waals surface area (Å²) in [6.45, 7) is 3.31. The summed E-state index contributed by atoms with van der Waals surface area (Å²) >= 11 is 5.87. The van der Waals surface area contributed by atoms with Crippen molar-refractivity contribution in [2.45, 2.75) is 13.8 Å². The van der Waals surface area contributed by atoms with Crippen molar-refractivity contribution in [2.75, 3.05) is 5.32 Å². The molecule has 0 aliphatic carbocycles. The van der Waals surface area contributed by atoms with E-state index in [1.807, 2.05) is 0 Å². The third-order valence-corrected chi connectivity index (χ3v) is 3.93. The standard InChI is InChI=1S/C17H12ClFN6O2/c1-8-14(27-9(2)21-8)16(26)22-11-3-4-13(19)12(5-11)15-23-17-20-6-10(18)7-25(17)24-15/h3-7H,1-2H3,(H,22,26). The van der Waals surface area contributed by atoms with Gasteiger partial charge in [-0.15, -0.1) is 5.10 Å². The van der Waals surface area contributed by atoms with Crippen LogP contribution in [0.4, 0.5) is 10.1 Å². The molecule has 0 fully saturated rings. The van der Waals surface area contributed by atoms with Gasteiger partial charge in [0.05, 0.1) is 28.7 Å². The number of aromatic nitrogens is 5. The number of nitrogens with one attached hydrogen (secondary N) is 1. The topological polar surface area (TPSA) is 98.2 Å². The lowest BCUT2D eigenvalue weighted by molar-refractivity contribution is 0.0994. The lowest BCUT2D eigenvalue weighted by Crippen LogP contribution is -2.12. The van der Waals surface area contributed by atoms with Crippen molar-refractivity contribution < 1.29 is 13.6 Å². The molecule has 1 amide bonds. The van der Waals surface area contributed by atoms with Gasteiger partial charge in [0.25, 0.3) is 11.7 Å². The zero-order chi connectivity index (χ0) is 19.1. The number of carbonyl (C=O) groups is 1. The number of hydrogen-bond donors (Lipinski definition) is 1. The summed E-state index contributed by atoms with van der Waals surface area (Å²) in [5, 5.41) is 7.21. The number of amides is 1. The fourth-order valence-electron chi connectivity index (χ4n) is 2.58. The number of fused-ring (bicyclic) bond motifs is 1. The van der Waals surface area contributed by atoms with E-state index in [1.54, 1.807) is 13.8 Å². The van der Waals surface area contributed by atoms with Gasteiger partial charge in [0.2, 0.25) is 5.76 Å². The zero-order valence-electron chi connectivity index (χ0n) is 14.2. The lowest BCUT2D eigenvalue weighted by atomic mass is 10.1. The number of aryl methyl sites for hydroxylation is 2. The number of nitrogens with zero attached hydrogens (tertiary/aromatic N) is 5. The van der Waals surface area contributed by atoms with E-state index < -0.39 is 11.7 Å². The molecule has 0 aliphatic heterocycles. The molecule has 1 N–H and O–H groups in total. The summed E-state index contributed by atoms with van der Waals surface area (Å²) in [7, 11) is 0. The van der Waals surface area contributed by atoms with Crippen LogP contribution in [0.25, 0.3) is 17.2 Å². The van der Waals surface area contributed by atoms with Crippen molar-refractivity contribution in [3.05, 3.63) is 58.8 Å². The smallest absolute Gasteiger partial charge is 0.293 e. The number of oxazole rings is 1. The number of carbonyl (C=O) groups excluding carboxylic acids is 1. The third-order valence-electron chi connectivity index (χ3n) is 3.74. The largest absolute Gasteiger partial charge is 0.436 e. The van der Waals surface area contributed by atoms with Gasteiger partial charge in [0.1, 0.15) is 5.82 Å². The monoisotopic (exact) mass is 386 g/mol. The number of hydrogen-bond acceptors (Lipinski definition) is 6. The Morgan fingerprint density at radius 2 is 2.11 bits per heavy atom. The molecule has 10 heteroatoms. The van der Waals surface area contributed by atoms with Crippen molar-refractivity contribution in [3.8, 4) is 11.4 Å². The molecule has 136 valence electrons. The summed E-state index contributed by atoms with van der Waals surface area (Å²) < 4.78 is 21.0. The lowest BCUT2D eigenvalue weighted by Gasteiger charge is -2.06. The molecule has 0 atom stereocenters. The minimum Gasteiger partial charge on any atom is -0.436 e. The zero-order valence-corrected chi connectivity index (χ0v) is 15.0. The first-order valence-electron chi connectivity index (χ1n) is 7.84. The van der Waals surface area contributed by atoms with E-state index >= 15 is 0 Å². The highest BCUT2D eigenvalue weighted by molar-refractivity contribution is 6.30. The van der Waals surface area contributed by atoms with E-state index in [1.165, 1.54) is 35.1 Å². The number of anilines is 1. The highest BCUT2D eigenvalue weighted by Gasteiger charge is 2.18. The van der Waals surface area contributed by atoms with Crippen molar-refractivity contribution in [2.24, 2.45) is 0 Å².